The lowest BCUT2D eigenvalue weighted by atomic mass is 10.1. The van der Waals surface area contributed by atoms with Gasteiger partial charge in [-0.3, -0.25) is 71.0 Å². The van der Waals surface area contributed by atoms with Crippen molar-refractivity contribution in [1.82, 2.24) is 38.2 Å². The largest absolute Gasteiger partial charge is 0.394 e. The number of ether oxygens (including phenoxy) is 4. The van der Waals surface area contributed by atoms with Crippen LogP contribution in [0.15, 0.2) is 63.1 Å². The van der Waals surface area contributed by atoms with Gasteiger partial charge in [-0.2, -0.15) is 0 Å². The second kappa shape index (κ2) is 20.1. The number of hydrogen-bond acceptors (Lipinski definition) is 22. The fraction of sp³-hybridized carbons (Fsp3) is 0.600. The van der Waals surface area contributed by atoms with Crippen molar-refractivity contribution in [2.24, 2.45) is 0 Å². The lowest BCUT2D eigenvalue weighted by molar-refractivity contribution is -0.0845. The first-order chi connectivity index (χ1) is 34.2. The Morgan fingerprint density at radius 1 is 0.575 bits per heavy atom. The van der Waals surface area contributed by atoms with E-state index in [1.807, 2.05) is 9.97 Å². The monoisotopic (exact) mass is 1070 g/mol. The van der Waals surface area contributed by atoms with Crippen LogP contribution in [0.25, 0.3) is 0 Å². The summed E-state index contributed by atoms with van der Waals surface area (Å²) in [6.45, 7) is 0.698. The molecule has 31 nitrogen and oxygen atoms in total. The normalized spacial score (nSPS) is 31.3. The lowest BCUT2D eigenvalue weighted by Gasteiger charge is -2.42. The number of aliphatic hydroxyl groups is 5. The van der Waals surface area contributed by atoms with Gasteiger partial charge >= 0.3 is 38.0 Å². The smallest absolute Gasteiger partial charge is 0.365 e. The van der Waals surface area contributed by atoms with Gasteiger partial charge < -0.3 is 58.4 Å². The summed E-state index contributed by atoms with van der Waals surface area (Å²) in [4.78, 5) is 121. The molecule has 8 heterocycles. The molecule has 4 fully saturated rings. The van der Waals surface area contributed by atoms with Gasteiger partial charge in [-0.15, -0.1) is 0 Å². The van der Waals surface area contributed by atoms with E-state index in [9.17, 15) is 68.8 Å². The molecule has 4 aromatic rings. The summed E-state index contributed by atoms with van der Waals surface area (Å²) < 4.78 is 76.5. The average Bonchev–Trinajstić information content (AvgIpc) is 4.10. The maximum absolute atomic E-state index is 16.3. The third-order valence-electron chi connectivity index (χ3n) is 13.2. The predicted octanol–water partition coefficient (Wildman–Crippen LogP) is -3.91. The highest BCUT2D eigenvalue weighted by molar-refractivity contribution is 7.58. The predicted molar refractivity (Wildman–Crippen MR) is 243 cm³/mol. The first kappa shape index (κ1) is 53.9. The molecule has 0 aliphatic carbocycles. The molecule has 0 radical (unpaired) electrons. The Morgan fingerprint density at radius 3 is 1.29 bits per heavy atom. The van der Waals surface area contributed by atoms with E-state index in [4.69, 9.17) is 32.5 Å². The third-order valence-corrected chi connectivity index (χ3v) is 17.9. The molecule has 0 saturated carbocycles. The minimum Gasteiger partial charge on any atom is -0.394 e. The molecule has 4 aliphatic heterocycles. The van der Waals surface area contributed by atoms with E-state index < -0.39 is 172 Å². The van der Waals surface area contributed by atoms with Crippen LogP contribution < -0.4 is 45.0 Å². The van der Waals surface area contributed by atoms with Crippen LogP contribution in [0.5, 0.6) is 0 Å². The Hall–Kier alpha value is -5.34. The van der Waals surface area contributed by atoms with Crippen LogP contribution >= 0.6 is 15.2 Å². The third kappa shape index (κ3) is 9.80. The maximum Gasteiger partial charge on any atom is 0.365 e. The minimum absolute atomic E-state index is 0.0448. The van der Waals surface area contributed by atoms with Crippen LogP contribution in [0.1, 0.15) is 72.8 Å². The molecule has 8 rings (SSSR count). The number of aromatic amines is 4. The van der Waals surface area contributed by atoms with Gasteiger partial charge in [0, 0.05) is 72.7 Å². The molecule has 0 amide bonds. The van der Waals surface area contributed by atoms with Crippen LogP contribution in [-0.2, 0) is 41.6 Å². The zero-order chi connectivity index (χ0) is 53.3. The summed E-state index contributed by atoms with van der Waals surface area (Å²) >= 11 is 0. The van der Waals surface area contributed by atoms with E-state index in [0.29, 0.717) is 0 Å². The quantitative estimate of drug-likeness (QED) is 0.0479. The molecule has 4 aromatic heterocycles. The van der Waals surface area contributed by atoms with Gasteiger partial charge in [0.05, 0.1) is 38.6 Å². The van der Waals surface area contributed by atoms with Gasteiger partial charge in [0.15, 0.2) is 5.34 Å². The van der Waals surface area contributed by atoms with E-state index in [0.717, 1.165) is 43.1 Å². The van der Waals surface area contributed by atoms with E-state index in [1.165, 1.54) is 27.7 Å². The van der Waals surface area contributed by atoms with E-state index in [2.05, 4.69) is 9.97 Å². The van der Waals surface area contributed by atoms with Gasteiger partial charge in [0.1, 0.15) is 49.3 Å². The molecule has 13 atom stereocenters. The Bertz CT molecular complexity index is 3280. The Kier molecular flexibility index (Phi) is 14.8. The summed E-state index contributed by atoms with van der Waals surface area (Å²) in [5.41, 5.74) is -7.19. The van der Waals surface area contributed by atoms with Crippen molar-refractivity contribution >= 4 is 15.2 Å². The zero-order valence-electron chi connectivity index (χ0n) is 39.0. The number of nitrogens with zero attached hydrogens (tertiary/aromatic N) is 4. The van der Waals surface area contributed by atoms with Crippen LogP contribution in [0.4, 0.5) is 0 Å². The number of H-pyrrole nitrogens is 4. The first-order valence-electron chi connectivity index (χ1n) is 22.4. The van der Waals surface area contributed by atoms with Gasteiger partial charge in [0.2, 0.25) is 5.34 Å². The number of aryl methyl sites for hydroxylation is 4. The van der Waals surface area contributed by atoms with Crippen molar-refractivity contribution in [3.63, 3.8) is 0 Å². The fourth-order valence-corrected chi connectivity index (χ4v) is 13.5. The molecule has 0 bridgehead atoms. The molecule has 0 aromatic carbocycles. The highest BCUT2D eigenvalue weighted by Crippen LogP contribution is 2.75. The van der Waals surface area contributed by atoms with Crippen LogP contribution in [0, 0.1) is 27.7 Å². The molecular formula is C40H52N8O23P2. The summed E-state index contributed by atoms with van der Waals surface area (Å²) in [6.07, 6.45) is -15.4. The topological polar surface area (TPSA) is 440 Å². The number of rotatable bonds is 16. The van der Waals surface area contributed by atoms with Crippen molar-refractivity contribution in [3.8, 4) is 0 Å². The minimum atomic E-state index is -6.16. The molecule has 0 spiro atoms. The second-order valence-electron chi connectivity index (χ2n) is 18.1. The van der Waals surface area contributed by atoms with Crippen molar-refractivity contribution in [3.05, 3.63) is 130 Å². The average molecular weight is 1070 g/mol. The summed E-state index contributed by atoms with van der Waals surface area (Å²) in [5.74, 6) is 0. The fourth-order valence-electron chi connectivity index (χ4n) is 9.06. The Balaban J connectivity index is 1.23. The van der Waals surface area contributed by atoms with Crippen LogP contribution in [0.3, 0.4) is 0 Å². The van der Waals surface area contributed by atoms with Crippen molar-refractivity contribution < 1.29 is 72.1 Å². The zero-order valence-corrected chi connectivity index (χ0v) is 40.8. The summed E-state index contributed by atoms with van der Waals surface area (Å²) in [7, 11) is -12.0. The molecule has 4 saturated heterocycles. The van der Waals surface area contributed by atoms with Gasteiger partial charge in [0.25, 0.3) is 22.2 Å². The highest BCUT2D eigenvalue weighted by atomic mass is 31.2. The molecule has 73 heavy (non-hydrogen) atoms. The SMILES string of the molecule is Cc1cn([C@H]2C[C@H](O)[C@@H](COP(=O)(OC[C@H]3O[C@@H](n4cc(C)c(=O)[nH]c4=O)C[C@@H]3O)[C@@]3(OP(=O)(O)[C@@]4(O)C[C@H](n5cc(C)c(=O)[nH]c5=O)O[C@@H]4CO)C[C@H](n4cc(C)c(=O)[nH]c4=O)O[C@@H]3CO)O2)c(=O)[nH]c1=O. The lowest BCUT2D eigenvalue weighted by Crippen LogP contribution is -2.48. The van der Waals surface area contributed by atoms with E-state index >= 15 is 9.13 Å². The molecule has 400 valence electrons. The summed E-state index contributed by atoms with van der Waals surface area (Å²) in [5, 5.41) is 49.9. The number of aliphatic hydroxyl groups excluding tert-OH is 4. The second-order valence-corrected chi connectivity index (χ2v) is 22.4. The molecule has 10 N–H and O–H groups in total. The first-order valence-corrected chi connectivity index (χ1v) is 25.5. The number of nitrogens with one attached hydrogen (secondary N) is 4. The van der Waals surface area contributed by atoms with E-state index in [1.54, 1.807) is 0 Å². The summed E-state index contributed by atoms with van der Waals surface area (Å²) in [6, 6.07) is 0. The molecular weight excluding hydrogens is 1020 g/mol. The molecule has 1 unspecified atom stereocenters. The van der Waals surface area contributed by atoms with Crippen LogP contribution in [-0.4, -0.2) is 142 Å². The van der Waals surface area contributed by atoms with Crippen LogP contribution in [0.2, 0.25) is 0 Å². The molecule has 33 heteroatoms. The maximum atomic E-state index is 16.3. The van der Waals surface area contributed by atoms with Gasteiger partial charge in [-0.05, 0) is 27.7 Å². The molecule has 4 aliphatic rings. The van der Waals surface area contributed by atoms with Crippen molar-refractivity contribution in [2.45, 2.75) is 126 Å². The Labute approximate surface area is 407 Å². The van der Waals surface area contributed by atoms with Gasteiger partial charge in [-0.1, -0.05) is 0 Å². The number of hydrogen-bond donors (Lipinski definition) is 10. The Morgan fingerprint density at radius 2 is 0.918 bits per heavy atom. The van der Waals surface area contributed by atoms with Gasteiger partial charge in [-0.25, -0.2) is 19.2 Å². The standard InChI is InChI=1S/C40H52N8O23P2/c1-17-9-45(35(57)41-31(17)53)27-5-21(51)23(67-27)15-65-73(64,66-16-24-22(52)6-28(68-24)46-10-18(2)32(54)42-36(46)58)40(8-30(70-26(40)14-50)48-12-20(4)34(56)44-38(48)60)71-72(62,63)39(61)7-29(69-25(39)13-49)47-11-19(3)33(55)43-37(47)59/h9-12,21-30,49-52,61H,5-8,13-16H2,1-4H3,(H,62,63)(H,41,53,57)(H,42,54,58)(H,43,55,59)(H,44,56,60)/t21-,22-,23+,24+,25+,26+,27+,28+,29+,30+,39-,40-/m0/s1. The van der Waals surface area contributed by atoms with Crippen molar-refractivity contribution in [1.29, 1.82) is 0 Å². The van der Waals surface area contributed by atoms with Crippen molar-refractivity contribution in [2.75, 3.05) is 26.4 Å². The van der Waals surface area contributed by atoms with E-state index in [-0.39, 0.29) is 35.1 Å². The number of aromatic nitrogens is 8. The highest BCUT2D eigenvalue weighted by Gasteiger charge is 2.71.